The first-order valence-electron chi connectivity index (χ1n) is 6.17. The number of aryl methyl sites for hydroxylation is 1. The number of anilines is 2. The maximum absolute atomic E-state index is 11.5. The molecule has 2 aromatic rings. The van der Waals surface area contributed by atoms with Crippen LogP contribution in [0.5, 0.6) is 0 Å². The highest BCUT2D eigenvalue weighted by Crippen LogP contribution is 2.15. The van der Waals surface area contributed by atoms with E-state index in [0.29, 0.717) is 30.2 Å². The molecule has 0 bridgehead atoms. The zero-order valence-electron chi connectivity index (χ0n) is 11.5. The van der Waals surface area contributed by atoms with Crippen LogP contribution in [0.25, 0.3) is 0 Å². The van der Waals surface area contributed by atoms with Crippen molar-refractivity contribution in [1.82, 2.24) is 14.8 Å². The van der Waals surface area contributed by atoms with E-state index in [1.807, 2.05) is 17.8 Å². The van der Waals surface area contributed by atoms with Gasteiger partial charge < -0.3 is 15.8 Å². The molecule has 7 nitrogen and oxygen atoms in total. The third-order valence-corrected chi connectivity index (χ3v) is 2.75. The van der Waals surface area contributed by atoms with E-state index in [4.69, 9.17) is 5.73 Å². The molecule has 0 aliphatic carbocycles. The molecule has 0 fully saturated rings. The molecule has 0 aromatic carbocycles. The second kappa shape index (κ2) is 6.05. The summed E-state index contributed by atoms with van der Waals surface area (Å²) in [6.45, 7) is 3.33. The summed E-state index contributed by atoms with van der Waals surface area (Å²) >= 11 is 0. The number of hydrogen-bond donors (Lipinski definition) is 2. The molecule has 3 N–H and O–H groups in total. The Bertz CT molecular complexity index is 609. The average Bonchev–Trinajstić information content (AvgIpc) is 2.85. The number of ether oxygens (including phenoxy) is 1. The van der Waals surface area contributed by atoms with Gasteiger partial charge in [-0.25, -0.2) is 9.78 Å². The fourth-order valence-electron chi connectivity index (χ4n) is 1.74. The molecule has 0 atom stereocenters. The van der Waals surface area contributed by atoms with Crippen LogP contribution in [0.3, 0.4) is 0 Å². The first-order chi connectivity index (χ1) is 9.60. The van der Waals surface area contributed by atoms with Crippen molar-refractivity contribution in [2.75, 3.05) is 24.7 Å². The lowest BCUT2D eigenvalue weighted by Gasteiger charge is -2.08. The van der Waals surface area contributed by atoms with Gasteiger partial charge in [0.05, 0.1) is 37.3 Å². The second-order valence-electron chi connectivity index (χ2n) is 4.36. The first kappa shape index (κ1) is 13.9. The maximum Gasteiger partial charge on any atom is 0.340 e. The normalized spacial score (nSPS) is 10.3. The zero-order valence-corrected chi connectivity index (χ0v) is 11.5. The van der Waals surface area contributed by atoms with E-state index in [-0.39, 0.29) is 0 Å². The Hall–Kier alpha value is -2.57. The van der Waals surface area contributed by atoms with E-state index in [1.54, 1.807) is 12.3 Å². The summed E-state index contributed by atoms with van der Waals surface area (Å²) in [5.41, 5.74) is 7.40. The van der Waals surface area contributed by atoms with Gasteiger partial charge in [0.1, 0.15) is 5.82 Å². The number of esters is 1. The van der Waals surface area contributed by atoms with E-state index in [1.165, 1.54) is 13.3 Å². The Morgan fingerprint density at radius 3 is 2.95 bits per heavy atom. The van der Waals surface area contributed by atoms with Crippen molar-refractivity contribution in [2.45, 2.75) is 13.5 Å². The topological polar surface area (TPSA) is 95.1 Å². The standard InChI is InChI=1S/C13H17N5O2/c1-9-6-17-18(8-9)4-3-15-12-5-10(13(19)20-2)11(14)7-16-12/h5-8H,3-4,14H2,1-2H3,(H,15,16). The third-order valence-electron chi connectivity index (χ3n) is 2.75. The summed E-state index contributed by atoms with van der Waals surface area (Å²) in [6, 6.07) is 1.58. The van der Waals surface area contributed by atoms with Crippen LogP contribution in [-0.2, 0) is 11.3 Å². The summed E-state index contributed by atoms with van der Waals surface area (Å²) < 4.78 is 6.49. The number of rotatable bonds is 5. The SMILES string of the molecule is COC(=O)c1cc(NCCn2cc(C)cn2)ncc1N. The van der Waals surface area contributed by atoms with Crippen LogP contribution < -0.4 is 11.1 Å². The van der Waals surface area contributed by atoms with E-state index in [9.17, 15) is 4.79 Å². The minimum atomic E-state index is -0.476. The van der Waals surface area contributed by atoms with Gasteiger partial charge in [0.2, 0.25) is 0 Å². The van der Waals surface area contributed by atoms with Crippen molar-refractivity contribution < 1.29 is 9.53 Å². The van der Waals surface area contributed by atoms with Crippen molar-refractivity contribution in [3.63, 3.8) is 0 Å². The fourth-order valence-corrected chi connectivity index (χ4v) is 1.74. The smallest absolute Gasteiger partial charge is 0.340 e. The third kappa shape index (κ3) is 3.25. The van der Waals surface area contributed by atoms with Gasteiger partial charge in [0.25, 0.3) is 0 Å². The van der Waals surface area contributed by atoms with Crippen molar-refractivity contribution in [2.24, 2.45) is 0 Å². The van der Waals surface area contributed by atoms with Gasteiger partial charge in [-0.05, 0) is 18.6 Å². The molecule has 0 unspecified atom stereocenters. The second-order valence-corrected chi connectivity index (χ2v) is 4.36. The number of pyridine rings is 1. The van der Waals surface area contributed by atoms with Crippen LogP contribution in [0, 0.1) is 6.92 Å². The number of hydrogen-bond acceptors (Lipinski definition) is 6. The summed E-state index contributed by atoms with van der Waals surface area (Å²) in [6.07, 6.45) is 5.20. The lowest BCUT2D eigenvalue weighted by atomic mass is 10.2. The number of nitrogens with two attached hydrogens (primary N) is 1. The number of nitrogens with one attached hydrogen (secondary N) is 1. The van der Waals surface area contributed by atoms with Gasteiger partial charge in [-0.3, -0.25) is 4.68 Å². The number of nitrogen functional groups attached to an aromatic ring is 1. The molecular formula is C13H17N5O2. The molecular weight excluding hydrogens is 258 g/mol. The van der Waals surface area contributed by atoms with Gasteiger partial charge in [-0.2, -0.15) is 5.10 Å². The van der Waals surface area contributed by atoms with Gasteiger partial charge >= 0.3 is 5.97 Å². The number of aromatic nitrogens is 3. The zero-order chi connectivity index (χ0) is 14.5. The molecule has 2 aromatic heterocycles. The summed E-state index contributed by atoms with van der Waals surface area (Å²) in [4.78, 5) is 15.6. The predicted octanol–water partition coefficient (Wildman–Crippen LogP) is 1.07. The molecule has 0 saturated carbocycles. The van der Waals surface area contributed by atoms with Crippen LogP contribution in [0.1, 0.15) is 15.9 Å². The number of methoxy groups -OCH3 is 1. The van der Waals surface area contributed by atoms with Gasteiger partial charge in [0.15, 0.2) is 0 Å². The number of nitrogens with zero attached hydrogens (tertiary/aromatic N) is 3. The Morgan fingerprint density at radius 1 is 1.50 bits per heavy atom. The molecule has 2 heterocycles. The lowest BCUT2D eigenvalue weighted by Crippen LogP contribution is -2.13. The predicted molar refractivity (Wildman–Crippen MR) is 75.4 cm³/mol. The molecule has 0 spiro atoms. The molecule has 0 aliphatic rings. The Balaban J connectivity index is 1.97. The Morgan fingerprint density at radius 2 is 2.30 bits per heavy atom. The minimum absolute atomic E-state index is 0.296. The van der Waals surface area contributed by atoms with Crippen molar-refractivity contribution in [3.8, 4) is 0 Å². The average molecular weight is 275 g/mol. The van der Waals surface area contributed by atoms with E-state index in [0.717, 1.165) is 5.56 Å². The molecule has 0 radical (unpaired) electrons. The van der Waals surface area contributed by atoms with Crippen LogP contribution in [0.4, 0.5) is 11.5 Å². The van der Waals surface area contributed by atoms with E-state index < -0.39 is 5.97 Å². The van der Waals surface area contributed by atoms with E-state index >= 15 is 0 Å². The summed E-state index contributed by atoms with van der Waals surface area (Å²) in [5, 5.41) is 7.30. The highest BCUT2D eigenvalue weighted by atomic mass is 16.5. The van der Waals surface area contributed by atoms with Gasteiger partial charge in [-0.15, -0.1) is 0 Å². The largest absolute Gasteiger partial charge is 0.465 e. The monoisotopic (exact) mass is 275 g/mol. The van der Waals surface area contributed by atoms with Crippen molar-refractivity contribution in [3.05, 3.63) is 35.8 Å². The quantitative estimate of drug-likeness (QED) is 0.792. The van der Waals surface area contributed by atoms with Crippen molar-refractivity contribution >= 4 is 17.5 Å². The number of carbonyl (C=O) groups is 1. The van der Waals surface area contributed by atoms with Gasteiger partial charge in [-0.1, -0.05) is 0 Å². The molecule has 0 saturated heterocycles. The van der Waals surface area contributed by atoms with Crippen LogP contribution in [0.2, 0.25) is 0 Å². The number of carbonyl (C=O) groups excluding carboxylic acids is 1. The molecule has 106 valence electrons. The van der Waals surface area contributed by atoms with E-state index in [2.05, 4.69) is 20.1 Å². The molecule has 20 heavy (non-hydrogen) atoms. The summed E-state index contributed by atoms with van der Waals surface area (Å²) in [5.74, 6) is 0.0964. The van der Waals surface area contributed by atoms with Crippen LogP contribution in [0.15, 0.2) is 24.7 Å². The first-order valence-corrected chi connectivity index (χ1v) is 6.17. The summed E-state index contributed by atoms with van der Waals surface area (Å²) in [7, 11) is 1.31. The van der Waals surface area contributed by atoms with Crippen LogP contribution >= 0.6 is 0 Å². The minimum Gasteiger partial charge on any atom is -0.465 e. The molecule has 7 heteroatoms. The molecule has 2 rings (SSSR count). The lowest BCUT2D eigenvalue weighted by molar-refractivity contribution is 0.0602. The van der Waals surface area contributed by atoms with Crippen molar-refractivity contribution in [1.29, 1.82) is 0 Å². The highest BCUT2D eigenvalue weighted by molar-refractivity contribution is 5.95. The van der Waals surface area contributed by atoms with Crippen LogP contribution in [-0.4, -0.2) is 34.4 Å². The Kier molecular flexibility index (Phi) is 4.19. The molecule has 0 aliphatic heterocycles. The maximum atomic E-state index is 11.5. The Labute approximate surface area is 116 Å². The fraction of sp³-hybridized carbons (Fsp3) is 0.308. The van der Waals surface area contributed by atoms with Gasteiger partial charge in [0, 0.05) is 12.7 Å². The highest BCUT2D eigenvalue weighted by Gasteiger charge is 2.11. The molecule has 0 amide bonds.